The molecule has 80 valence electrons. The van der Waals surface area contributed by atoms with Crippen LogP contribution in [0.5, 0.6) is 0 Å². The van der Waals surface area contributed by atoms with E-state index < -0.39 is 6.09 Å². The van der Waals surface area contributed by atoms with Crippen LogP contribution >= 0.6 is 11.6 Å². The first-order valence-corrected chi connectivity index (χ1v) is 4.51. The maximum atomic E-state index is 10.7. The lowest BCUT2D eigenvalue weighted by molar-refractivity contribution is 0.171. The van der Waals surface area contributed by atoms with Gasteiger partial charge < -0.3 is 4.74 Å². The zero-order valence-corrected chi connectivity index (χ0v) is 9.08. The van der Waals surface area contributed by atoms with Crippen molar-refractivity contribution in [1.82, 2.24) is 10.4 Å². The maximum absolute atomic E-state index is 10.7. The van der Waals surface area contributed by atoms with Crippen molar-refractivity contribution < 1.29 is 9.53 Å². The second-order valence-electron chi connectivity index (χ2n) is 2.66. The molecule has 0 aliphatic carbocycles. The zero-order valence-electron chi connectivity index (χ0n) is 8.32. The summed E-state index contributed by atoms with van der Waals surface area (Å²) in [6.45, 7) is 1.72. The van der Waals surface area contributed by atoms with Crippen molar-refractivity contribution in [1.29, 1.82) is 0 Å². The molecule has 1 N–H and O–H groups in total. The molecule has 0 aliphatic rings. The van der Waals surface area contributed by atoms with Gasteiger partial charge in [-0.05, 0) is 13.0 Å². The second kappa shape index (κ2) is 5.31. The number of amides is 1. The molecule has 1 rings (SSSR count). The molecule has 0 saturated carbocycles. The highest BCUT2D eigenvalue weighted by molar-refractivity contribution is 6.34. The molecule has 1 aromatic heterocycles. The first kappa shape index (κ1) is 11.5. The van der Waals surface area contributed by atoms with Crippen molar-refractivity contribution in [2.75, 3.05) is 7.11 Å². The summed E-state index contributed by atoms with van der Waals surface area (Å²) in [5.41, 5.74) is 3.49. The molecule has 0 radical (unpaired) electrons. The van der Waals surface area contributed by atoms with Gasteiger partial charge in [0.25, 0.3) is 0 Å². The summed E-state index contributed by atoms with van der Waals surface area (Å²) >= 11 is 5.88. The lowest BCUT2D eigenvalue weighted by Gasteiger charge is -2.02. The highest BCUT2D eigenvalue weighted by Crippen LogP contribution is 2.13. The van der Waals surface area contributed by atoms with E-state index in [1.807, 2.05) is 0 Å². The predicted octanol–water partition coefficient (Wildman–Crippen LogP) is 1.81. The third-order valence-electron chi connectivity index (χ3n) is 1.66. The molecule has 0 bridgehead atoms. The van der Waals surface area contributed by atoms with Gasteiger partial charge in [-0.2, -0.15) is 5.10 Å². The van der Waals surface area contributed by atoms with E-state index in [9.17, 15) is 4.79 Å². The van der Waals surface area contributed by atoms with Gasteiger partial charge in [0.05, 0.1) is 17.8 Å². The average molecular weight is 228 g/mol. The van der Waals surface area contributed by atoms with Gasteiger partial charge in [0.1, 0.15) is 0 Å². The van der Waals surface area contributed by atoms with E-state index in [2.05, 4.69) is 20.2 Å². The lowest BCUT2D eigenvalue weighted by atomic mass is 10.2. The highest BCUT2D eigenvalue weighted by atomic mass is 35.5. The molecule has 5 nitrogen and oxygen atoms in total. The van der Waals surface area contributed by atoms with Gasteiger partial charge in [0.15, 0.2) is 0 Å². The summed E-state index contributed by atoms with van der Waals surface area (Å²) in [5, 5.41) is 4.28. The first-order chi connectivity index (χ1) is 7.15. The Morgan fingerprint density at radius 2 is 2.40 bits per heavy atom. The van der Waals surface area contributed by atoms with Crippen LogP contribution in [0.1, 0.15) is 12.5 Å². The average Bonchev–Trinajstić information content (AvgIpc) is 2.26. The van der Waals surface area contributed by atoms with Crippen LogP contribution < -0.4 is 5.43 Å². The molecule has 0 unspecified atom stereocenters. The summed E-state index contributed by atoms with van der Waals surface area (Å²) in [6, 6.07) is 1.71. The van der Waals surface area contributed by atoms with Crippen molar-refractivity contribution in [2.24, 2.45) is 5.10 Å². The Labute approximate surface area is 92.1 Å². The number of ether oxygens (including phenoxy) is 1. The topological polar surface area (TPSA) is 63.6 Å². The Balaban J connectivity index is 2.80. The molecule has 0 atom stereocenters. The maximum Gasteiger partial charge on any atom is 0.427 e. The fourth-order valence-electron chi connectivity index (χ4n) is 0.904. The minimum absolute atomic E-state index is 0.477. The van der Waals surface area contributed by atoms with Gasteiger partial charge in [-0.1, -0.05) is 11.6 Å². The number of hydrazone groups is 1. The van der Waals surface area contributed by atoms with E-state index in [4.69, 9.17) is 11.6 Å². The summed E-state index contributed by atoms with van der Waals surface area (Å²) in [6.07, 6.45) is 2.48. The number of methoxy groups -OCH3 is 1. The number of hydrogen-bond donors (Lipinski definition) is 1. The fraction of sp³-hybridized carbons (Fsp3) is 0.222. The molecule has 6 heteroatoms. The number of aromatic nitrogens is 1. The summed E-state index contributed by atoms with van der Waals surface area (Å²) in [4.78, 5) is 14.6. The Hall–Kier alpha value is -1.62. The van der Waals surface area contributed by atoms with Gasteiger partial charge in [-0.25, -0.2) is 10.2 Å². The van der Waals surface area contributed by atoms with Gasteiger partial charge in [0.2, 0.25) is 0 Å². The van der Waals surface area contributed by atoms with Crippen LogP contribution in [0.2, 0.25) is 5.02 Å². The molecular formula is C9H10ClN3O2. The van der Waals surface area contributed by atoms with Crippen molar-refractivity contribution in [3.63, 3.8) is 0 Å². The normalized spacial score (nSPS) is 11.0. The Morgan fingerprint density at radius 1 is 1.67 bits per heavy atom. The third-order valence-corrected chi connectivity index (χ3v) is 1.96. The summed E-state index contributed by atoms with van der Waals surface area (Å²) in [5.74, 6) is 0. The molecule has 15 heavy (non-hydrogen) atoms. The van der Waals surface area contributed by atoms with Gasteiger partial charge in [-0.15, -0.1) is 0 Å². The Kier molecular flexibility index (Phi) is 4.05. The molecule has 1 aromatic rings. The van der Waals surface area contributed by atoms with Crippen molar-refractivity contribution >= 4 is 23.4 Å². The number of pyridine rings is 1. The fourth-order valence-corrected chi connectivity index (χ4v) is 1.16. The van der Waals surface area contributed by atoms with E-state index >= 15 is 0 Å². The van der Waals surface area contributed by atoms with Crippen LogP contribution in [0.4, 0.5) is 4.79 Å². The minimum Gasteiger partial charge on any atom is -0.452 e. The molecule has 0 aromatic carbocycles. The number of carbonyl (C=O) groups excluding carboxylic acids is 1. The number of halogens is 1. The van der Waals surface area contributed by atoms with Crippen LogP contribution in [-0.2, 0) is 4.74 Å². The standard InChI is InChI=1S/C9H10ClN3O2/c1-6(12-13-9(14)15-2)7-3-4-11-5-8(7)10/h3-5H,1-2H3,(H,13,14). The van der Waals surface area contributed by atoms with Gasteiger partial charge in [-0.3, -0.25) is 4.98 Å². The summed E-state index contributed by atoms with van der Waals surface area (Å²) < 4.78 is 4.36. The van der Waals surface area contributed by atoms with Crippen molar-refractivity contribution in [3.8, 4) is 0 Å². The molecule has 0 aliphatic heterocycles. The van der Waals surface area contributed by atoms with Gasteiger partial charge in [0, 0.05) is 18.0 Å². The SMILES string of the molecule is COC(=O)NN=C(C)c1ccncc1Cl. The van der Waals surface area contributed by atoms with E-state index in [-0.39, 0.29) is 0 Å². The number of nitrogens with one attached hydrogen (secondary N) is 1. The quantitative estimate of drug-likeness (QED) is 0.619. The number of carbonyl (C=O) groups is 1. The van der Waals surface area contributed by atoms with Gasteiger partial charge >= 0.3 is 6.09 Å². The smallest absolute Gasteiger partial charge is 0.427 e. The molecule has 1 amide bonds. The summed E-state index contributed by atoms with van der Waals surface area (Å²) in [7, 11) is 1.26. The molecule has 1 heterocycles. The van der Waals surface area contributed by atoms with Crippen LogP contribution in [0, 0.1) is 0 Å². The van der Waals surface area contributed by atoms with E-state index in [0.717, 1.165) is 0 Å². The second-order valence-corrected chi connectivity index (χ2v) is 3.06. The Morgan fingerprint density at radius 3 is 3.00 bits per heavy atom. The minimum atomic E-state index is -0.625. The van der Waals surface area contributed by atoms with E-state index in [1.165, 1.54) is 13.3 Å². The van der Waals surface area contributed by atoms with Crippen LogP contribution in [0.15, 0.2) is 23.6 Å². The largest absolute Gasteiger partial charge is 0.452 e. The van der Waals surface area contributed by atoms with Crippen LogP contribution in [0.25, 0.3) is 0 Å². The molecule has 0 spiro atoms. The molecule has 0 fully saturated rings. The lowest BCUT2D eigenvalue weighted by Crippen LogP contribution is -2.18. The number of hydrogen-bond acceptors (Lipinski definition) is 4. The van der Waals surface area contributed by atoms with Crippen molar-refractivity contribution in [3.05, 3.63) is 29.0 Å². The predicted molar refractivity (Wildman–Crippen MR) is 57.0 cm³/mol. The third kappa shape index (κ3) is 3.21. The van der Waals surface area contributed by atoms with Crippen LogP contribution in [-0.4, -0.2) is 23.9 Å². The monoisotopic (exact) mass is 227 g/mol. The molecule has 0 saturated heterocycles. The number of nitrogens with zero attached hydrogens (tertiary/aromatic N) is 2. The van der Waals surface area contributed by atoms with E-state index in [1.54, 1.807) is 19.2 Å². The number of rotatable bonds is 2. The zero-order chi connectivity index (χ0) is 11.3. The first-order valence-electron chi connectivity index (χ1n) is 4.13. The van der Waals surface area contributed by atoms with Crippen LogP contribution in [0.3, 0.4) is 0 Å². The van der Waals surface area contributed by atoms with Crippen molar-refractivity contribution in [2.45, 2.75) is 6.92 Å². The Bertz CT molecular complexity index is 393. The highest BCUT2D eigenvalue weighted by Gasteiger charge is 2.03. The van der Waals surface area contributed by atoms with E-state index in [0.29, 0.717) is 16.3 Å². The molecular weight excluding hydrogens is 218 g/mol.